The molecule has 0 aromatic heterocycles. The van der Waals surface area contributed by atoms with E-state index < -0.39 is 20.0 Å². The van der Waals surface area contributed by atoms with Crippen molar-refractivity contribution in [1.29, 1.82) is 0 Å². The smallest absolute Gasteiger partial charge is 0.244 e. The topological polar surface area (TPSA) is 91.8 Å². The van der Waals surface area contributed by atoms with E-state index in [4.69, 9.17) is 0 Å². The molecular weight excluding hydrogens is 456 g/mol. The zero-order chi connectivity index (χ0) is 21.8. The first-order valence-corrected chi connectivity index (χ1v) is 14.3. The van der Waals surface area contributed by atoms with Crippen LogP contribution < -0.4 is 0 Å². The Morgan fingerprint density at radius 3 is 1.87 bits per heavy atom. The van der Waals surface area contributed by atoms with Crippen molar-refractivity contribution in [3.8, 4) is 0 Å². The highest BCUT2D eigenvalue weighted by atomic mass is 32.2. The van der Waals surface area contributed by atoms with Crippen LogP contribution >= 0.6 is 11.8 Å². The van der Waals surface area contributed by atoms with Gasteiger partial charge in [-0.3, -0.25) is 4.79 Å². The fourth-order valence-electron chi connectivity index (χ4n) is 4.70. The van der Waals surface area contributed by atoms with Crippen LogP contribution in [0.25, 0.3) is 10.8 Å². The Balaban J connectivity index is 1.77. The summed E-state index contributed by atoms with van der Waals surface area (Å²) in [6.07, 6.45) is 5.08. The van der Waals surface area contributed by atoms with Crippen LogP contribution in [0, 0.1) is 0 Å². The maximum Gasteiger partial charge on any atom is 0.244 e. The highest BCUT2D eigenvalue weighted by Crippen LogP contribution is 2.47. The Morgan fingerprint density at radius 1 is 0.742 bits per heavy atom. The van der Waals surface area contributed by atoms with Gasteiger partial charge < -0.3 is 0 Å². The number of carbonyl (C=O) groups is 1. The molecule has 3 aliphatic rings. The molecule has 0 amide bonds. The molecule has 2 aromatic carbocycles. The lowest BCUT2D eigenvalue weighted by molar-refractivity contribution is 0.109. The van der Waals surface area contributed by atoms with E-state index in [9.17, 15) is 21.6 Å². The second-order valence-electron chi connectivity index (χ2n) is 8.25. The van der Waals surface area contributed by atoms with Crippen molar-refractivity contribution in [3.05, 3.63) is 29.8 Å². The molecule has 0 atom stereocenters. The minimum Gasteiger partial charge on any atom is -0.281 e. The number of nitrogens with zero attached hydrogens (tertiary/aromatic N) is 2. The molecule has 0 saturated carbocycles. The molecule has 2 fully saturated rings. The zero-order valence-corrected chi connectivity index (χ0v) is 19.5. The third-order valence-corrected chi connectivity index (χ3v) is 11.3. The lowest BCUT2D eigenvalue weighted by Crippen LogP contribution is -2.37. The predicted molar refractivity (Wildman–Crippen MR) is 119 cm³/mol. The van der Waals surface area contributed by atoms with Crippen LogP contribution in [0.5, 0.6) is 0 Å². The monoisotopic (exact) mass is 480 g/mol. The van der Waals surface area contributed by atoms with Gasteiger partial charge in [0.15, 0.2) is 0 Å². The Morgan fingerprint density at radius 2 is 1.29 bits per heavy atom. The van der Waals surface area contributed by atoms with Crippen LogP contribution in [0.2, 0.25) is 0 Å². The predicted octanol–water partition coefficient (Wildman–Crippen LogP) is 3.43. The standard InChI is InChI=1S/C21H24N2O5S3/c24-21-16-9-7-8-15-17(30(25,26)22-10-3-1-4-11-22)14-18(20(29-21)19(15)16)31(27,28)23-12-5-2-6-13-23/h7-9,14H,1-6,10-13H2. The molecule has 2 saturated heterocycles. The van der Waals surface area contributed by atoms with Crippen LogP contribution in [0.1, 0.15) is 48.9 Å². The Hall–Kier alpha value is -1.46. The normalized spacial score (nSPS) is 21.1. The van der Waals surface area contributed by atoms with Gasteiger partial charge in [0.05, 0.1) is 9.79 Å². The van der Waals surface area contributed by atoms with Crippen LogP contribution in [0.15, 0.2) is 39.0 Å². The fourth-order valence-corrected chi connectivity index (χ4v) is 9.52. The molecule has 0 N–H and O–H groups in total. The average molecular weight is 481 g/mol. The van der Waals surface area contributed by atoms with Gasteiger partial charge in [-0.1, -0.05) is 25.0 Å². The molecule has 166 valence electrons. The molecule has 3 aliphatic heterocycles. The maximum atomic E-state index is 13.6. The first-order chi connectivity index (χ1) is 14.8. The van der Waals surface area contributed by atoms with Crippen molar-refractivity contribution in [1.82, 2.24) is 8.61 Å². The molecule has 0 bridgehead atoms. The quantitative estimate of drug-likeness (QED) is 0.666. The van der Waals surface area contributed by atoms with Gasteiger partial charge >= 0.3 is 0 Å². The van der Waals surface area contributed by atoms with E-state index in [0.29, 0.717) is 47.4 Å². The number of carbonyl (C=O) groups excluding carboxylic acids is 1. The maximum absolute atomic E-state index is 13.6. The largest absolute Gasteiger partial charge is 0.281 e. The van der Waals surface area contributed by atoms with E-state index in [0.717, 1.165) is 50.3 Å². The van der Waals surface area contributed by atoms with Crippen LogP contribution in [-0.4, -0.2) is 56.7 Å². The van der Waals surface area contributed by atoms with Gasteiger partial charge in [0.25, 0.3) is 0 Å². The summed E-state index contributed by atoms with van der Waals surface area (Å²) in [5.74, 6) is 0. The summed E-state index contributed by atoms with van der Waals surface area (Å²) in [6.45, 7) is 1.67. The fraction of sp³-hybridized carbons (Fsp3) is 0.476. The number of benzene rings is 2. The van der Waals surface area contributed by atoms with Crippen molar-refractivity contribution in [2.24, 2.45) is 0 Å². The second-order valence-corrected chi connectivity index (χ2v) is 13.0. The summed E-state index contributed by atoms with van der Waals surface area (Å²) in [5.41, 5.74) is 0.378. The van der Waals surface area contributed by atoms with E-state index >= 15 is 0 Å². The summed E-state index contributed by atoms with van der Waals surface area (Å²) in [4.78, 5) is 13.0. The Bertz CT molecular complexity index is 1280. The van der Waals surface area contributed by atoms with Crippen molar-refractivity contribution >= 4 is 47.7 Å². The first kappa shape index (κ1) is 21.4. The Labute approximate surface area is 186 Å². The van der Waals surface area contributed by atoms with E-state index in [2.05, 4.69) is 0 Å². The molecule has 0 radical (unpaired) electrons. The second kappa shape index (κ2) is 7.84. The van der Waals surface area contributed by atoms with Crippen LogP contribution in [-0.2, 0) is 20.0 Å². The number of hydrogen-bond acceptors (Lipinski definition) is 6. The lowest BCUT2D eigenvalue weighted by atomic mass is 10.1. The number of piperidine rings is 2. The summed E-state index contributed by atoms with van der Waals surface area (Å²) >= 11 is 0.889. The van der Waals surface area contributed by atoms with Crippen LogP contribution in [0.3, 0.4) is 0 Å². The molecular formula is C21H24N2O5S3. The number of rotatable bonds is 4. The Kier molecular flexibility index (Phi) is 5.41. The molecule has 31 heavy (non-hydrogen) atoms. The summed E-state index contributed by atoms with van der Waals surface area (Å²) in [7, 11) is -7.82. The van der Waals surface area contributed by atoms with E-state index in [1.54, 1.807) is 18.2 Å². The van der Waals surface area contributed by atoms with E-state index in [1.165, 1.54) is 14.7 Å². The molecule has 3 heterocycles. The van der Waals surface area contributed by atoms with Gasteiger partial charge in [0.2, 0.25) is 25.2 Å². The summed E-state index contributed by atoms with van der Waals surface area (Å²) < 4.78 is 57.3. The van der Waals surface area contributed by atoms with Gasteiger partial charge in [-0.05, 0) is 49.6 Å². The van der Waals surface area contributed by atoms with Gasteiger partial charge in [0, 0.05) is 47.4 Å². The number of hydrogen-bond donors (Lipinski definition) is 0. The number of thioether (sulfide) groups is 1. The molecule has 2 aromatic rings. The average Bonchev–Trinajstić information content (AvgIpc) is 3.12. The molecule has 5 rings (SSSR count). The lowest BCUT2D eigenvalue weighted by Gasteiger charge is -2.28. The van der Waals surface area contributed by atoms with Crippen molar-refractivity contribution in [2.45, 2.75) is 53.2 Å². The molecule has 10 heteroatoms. The van der Waals surface area contributed by atoms with Crippen molar-refractivity contribution in [3.63, 3.8) is 0 Å². The van der Waals surface area contributed by atoms with Gasteiger partial charge in [-0.15, -0.1) is 0 Å². The van der Waals surface area contributed by atoms with Gasteiger partial charge in [-0.25, -0.2) is 16.8 Å². The molecule has 7 nitrogen and oxygen atoms in total. The highest BCUT2D eigenvalue weighted by Gasteiger charge is 2.38. The van der Waals surface area contributed by atoms with Crippen LogP contribution in [0.4, 0.5) is 0 Å². The minimum absolute atomic E-state index is 0.0131. The van der Waals surface area contributed by atoms with Gasteiger partial charge in [0.1, 0.15) is 0 Å². The van der Waals surface area contributed by atoms with Gasteiger partial charge in [-0.2, -0.15) is 8.61 Å². The van der Waals surface area contributed by atoms with E-state index in [-0.39, 0.29) is 14.9 Å². The zero-order valence-electron chi connectivity index (χ0n) is 17.0. The third-order valence-electron chi connectivity index (χ3n) is 6.32. The number of sulfonamides is 2. The summed E-state index contributed by atoms with van der Waals surface area (Å²) in [5, 5.41) is 0.628. The third kappa shape index (κ3) is 3.43. The van der Waals surface area contributed by atoms with Crippen molar-refractivity contribution in [2.75, 3.05) is 26.2 Å². The molecule has 0 unspecified atom stereocenters. The molecule has 0 aliphatic carbocycles. The highest BCUT2D eigenvalue weighted by molar-refractivity contribution is 8.15. The first-order valence-electron chi connectivity index (χ1n) is 10.6. The van der Waals surface area contributed by atoms with Crippen molar-refractivity contribution < 1.29 is 21.6 Å². The molecule has 0 spiro atoms. The summed E-state index contributed by atoms with van der Waals surface area (Å²) in [6, 6.07) is 6.29. The SMILES string of the molecule is O=C1Sc2c(S(=O)(=O)N3CCCCC3)cc(S(=O)(=O)N3CCCCC3)c3cccc1c23. The van der Waals surface area contributed by atoms with E-state index in [1.807, 2.05) is 0 Å². The minimum atomic E-state index is -3.92.